The lowest BCUT2D eigenvalue weighted by Crippen LogP contribution is -2.55. The minimum atomic E-state index is -0.790. The zero-order valence-electron chi connectivity index (χ0n) is 13.8. The Balaban J connectivity index is 2.10. The maximum Gasteiger partial charge on any atom is 0.357 e. The molecule has 0 aromatic carbocycles. The van der Waals surface area contributed by atoms with Crippen LogP contribution in [0.5, 0.6) is 0 Å². The summed E-state index contributed by atoms with van der Waals surface area (Å²) < 4.78 is 0.664. The van der Waals surface area contributed by atoms with Crippen molar-refractivity contribution in [1.82, 2.24) is 0 Å². The molecule has 7 nitrogen and oxygen atoms in total. The van der Waals surface area contributed by atoms with Crippen molar-refractivity contribution in [2.24, 2.45) is 11.8 Å². The van der Waals surface area contributed by atoms with Crippen LogP contribution in [0.1, 0.15) is 38.4 Å². The number of fused-ring (bicyclic) bond motifs is 1. The molecule has 0 spiro atoms. The standard InChI is InChI=1S/C16H23N3O4/c1-10-7-17(8-11(2)16(10,3)20)15-12-5-4-6-13(12)18(21)9-14(15)19(22)23/h9-11,20H,4-8H2,1-3H3/t10-,11+,16?. The maximum atomic E-state index is 12.1. The maximum absolute atomic E-state index is 12.1. The van der Waals surface area contributed by atoms with E-state index in [2.05, 4.69) is 0 Å². The third-order valence-electron chi connectivity index (χ3n) is 5.72. The van der Waals surface area contributed by atoms with Crippen molar-refractivity contribution in [3.05, 3.63) is 32.8 Å². The summed E-state index contributed by atoms with van der Waals surface area (Å²) in [6.45, 7) is 6.85. The quantitative estimate of drug-likeness (QED) is 0.386. The fourth-order valence-electron chi connectivity index (χ4n) is 3.89. The first kappa shape index (κ1) is 16.0. The SMILES string of the molecule is C[C@@H]1CN(c2c([N+](=O)[O-])c[n+]([O-])c3c2CCC3)C[C@H](C)C1(C)O. The van der Waals surface area contributed by atoms with Gasteiger partial charge in [-0.2, -0.15) is 4.73 Å². The molecule has 126 valence electrons. The minimum Gasteiger partial charge on any atom is -0.618 e. The van der Waals surface area contributed by atoms with E-state index in [1.54, 1.807) is 0 Å². The second kappa shape index (κ2) is 5.33. The van der Waals surface area contributed by atoms with Crippen molar-refractivity contribution < 1.29 is 14.8 Å². The van der Waals surface area contributed by atoms with Crippen molar-refractivity contribution in [2.45, 2.75) is 45.6 Å². The number of nitrogens with zero attached hydrogens (tertiary/aromatic N) is 3. The van der Waals surface area contributed by atoms with Gasteiger partial charge < -0.3 is 15.2 Å². The smallest absolute Gasteiger partial charge is 0.357 e. The van der Waals surface area contributed by atoms with Crippen LogP contribution in [0.15, 0.2) is 6.20 Å². The van der Waals surface area contributed by atoms with Gasteiger partial charge in [-0.3, -0.25) is 10.1 Å². The summed E-state index contributed by atoms with van der Waals surface area (Å²) in [5, 5.41) is 34.1. The van der Waals surface area contributed by atoms with Gasteiger partial charge in [0, 0.05) is 31.3 Å². The Morgan fingerprint density at radius 2 is 1.96 bits per heavy atom. The van der Waals surface area contributed by atoms with E-state index in [4.69, 9.17) is 0 Å². The first-order valence-electron chi connectivity index (χ1n) is 8.13. The molecular formula is C16H23N3O4. The van der Waals surface area contributed by atoms with Gasteiger partial charge in [-0.25, -0.2) is 0 Å². The predicted molar refractivity (Wildman–Crippen MR) is 85.2 cm³/mol. The summed E-state index contributed by atoms with van der Waals surface area (Å²) in [5.74, 6) is -0.0232. The topological polar surface area (TPSA) is 93.5 Å². The number of hydrogen-bond donors (Lipinski definition) is 1. The highest BCUT2D eigenvalue weighted by molar-refractivity contribution is 5.68. The van der Waals surface area contributed by atoms with E-state index in [0.717, 1.165) is 18.2 Å². The van der Waals surface area contributed by atoms with E-state index in [-0.39, 0.29) is 17.5 Å². The summed E-state index contributed by atoms with van der Waals surface area (Å²) in [6.07, 6.45) is 3.31. The van der Waals surface area contributed by atoms with Crippen LogP contribution in [0.25, 0.3) is 0 Å². The van der Waals surface area contributed by atoms with Crippen LogP contribution in [0.2, 0.25) is 0 Å². The fraction of sp³-hybridized carbons (Fsp3) is 0.688. The van der Waals surface area contributed by atoms with Gasteiger partial charge in [-0.15, -0.1) is 0 Å². The van der Waals surface area contributed by atoms with Gasteiger partial charge >= 0.3 is 5.69 Å². The summed E-state index contributed by atoms with van der Waals surface area (Å²) >= 11 is 0. The Morgan fingerprint density at radius 3 is 2.52 bits per heavy atom. The molecule has 1 aromatic rings. The number of aliphatic hydroxyl groups is 1. The Morgan fingerprint density at radius 1 is 1.35 bits per heavy atom. The van der Waals surface area contributed by atoms with Gasteiger partial charge in [0.1, 0.15) is 5.69 Å². The number of piperidine rings is 1. The molecule has 1 aliphatic carbocycles. The molecule has 1 aliphatic heterocycles. The average Bonchev–Trinajstić information content (AvgIpc) is 2.94. The number of rotatable bonds is 2. The lowest BCUT2D eigenvalue weighted by Gasteiger charge is -2.46. The largest absolute Gasteiger partial charge is 0.618 e. The molecule has 0 radical (unpaired) electrons. The van der Waals surface area contributed by atoms with Gasteiger partial charge in [-0.1, -0.05) is 13.8 Å². The van der Waals surface area contributed by atoms with E-state index >= 15 is 0 Å². The Hall–Kier alpha value is -1.89. The van der Waals surface area contributed by atoms with Crippen molar-refractivity contribution in [1.29, 1.82) is 0 Å². The summed E-state index contributed by atoms with van der Waals surface area (Å²) in [7, 11) is 0. The molecule has 1 fully saturated rings. The van der Waals surface area contributed by atoms with Gasteiger partial charge in [0.05, 0.1) is 16.1 Å². The summed E-state index contributed by atoms with van der Waals surface area (Å²) in [4.78, 5) is 13.0. The van der Waals surface area contributed by atoms with Gasteiger partial charge in [0.2, 0.25) is 0 Å². The van der Waals surface area contributed by atoms with Gasteiger partial charge in [0.25, 0.3) is 6.20 Å². The van der Waals surface area contributed by atoms with Crippen molar-refractivity contribution in [3.63, 3.8) is 0 Å². The molecule has 23 heavy (non-hydrogen) atoms. The second-order valence-corrected chi connectivity index (χ2v) is 7.16. The van der Waals surface area contributed by atoms with E-state index in [0.29, 0.717) is 42.0 Å². The highest BCUT2D eigenvalue weighted by atomic mass is 16.6. The van der Waals surface area contributed by atoms with Crippen molar-refractivity contribution in [2.75, 3.05) is 18.0 Å². The molecule has 1 N–H and O–H groups in total. The number of pyridine rings is 1. The van der Waals surface area contributed by atoms with Gasteiger partial charge in [0.15, 0.2) is 5.69 Å². The van der Waals surface area contributed by atoms with Crippen LogP contribution in [-0.2, 0) is 12.8 Å². The molecule has 3 rings (SSSR count). The molecule has 0 bridgehead atoms. The van der Waals surface area contributed by atoms with Crippen molar-refractivity contribution >= 4 is 11.4 Å². The third kappa shape index (κ3) is 2.43. The minimum absolute atomic E-state index is 0.0116. The molecule has 2 aliphatic rings. The molecule has 0 amide bonds. The van der Waals surface area contributed by atoms with Crippen LogP contribution >= 0.6 is 0 Å². The zero-order valence-corrected chi connectivity index (χ0v) is 13.8. The molecule has 1 aromatic heterocycles. The Labute approximate surface area is 135 Å². The number of hydrogen-bond acceptors (Lipinski definition) is 5. The molecular weight excluding hydrogens is 298 g/mol. The van der Waals surface area contributed by atoms with Crippen molar-refractivity contribution in [3.8, 4) is 0 Å². The first-order valence-corrected chi connectivity index (χ1v) is 8.13. The van der Waals surface area contributed by atoms with Crippen LogP contribution < -0.4 is 9.63 Å². The lowest BCUT2D eigenvalue weighted by molar-refractivity contribution is -0.617. The first-order chi connectivity index (χ1) is 10.7. The third-order valence-corrected chi connectivity index (χ3v) is 5.72. The average molecular weight is 321 g/mol. The molecule has 1 saturated heterocycles. The number of nitro groups is 1. The molecule has 0 saturated carbocycles. The van der Waals surface area contributed by atoms with E-state index < -0.39 is 10.5 Å². The molecule has 7 heteroatoms. The molecule has 3 atom stereocenters. The molecule has 1 unspecified atom stereocenters. The highest BCUT2D eigenvalue weighted by Gasteiger charge is 2.44. The van der Waals surface area contributed by atoms with Crippen LogP contribution in [0.3, 0.4) is 0 Å². The lowest BCUT2D eigenvalue weighted by atomic mass is 9.76. The zero-order chi connectivity index (χ0) is 16.9. The Bertz CT molecular complexity index is 645. The van der Waals surface area contributed by atoms with E-state index in [1.807, 2.05) is 25.7 Å². The fourth-order valence-corrected chi connectivity index (χ4v) is 3.89. The van der Waals surface area contributed by atoms with Crippen LogP contribution in [0, 0.1) is 27.2 Å². The van der Waals surface area contributed by atoms with E-state index in [9.17, 15) is 20.4 Å². The molecule has 2 heterocycles. The summed E-state index contributed by atoms with van der Waals surface area (Å²) in [6, 6.07) is 0. The number of aromatic nitrogens is 1. The van der Waals surface area contributed by atoms with Crippen LogP contribution in [0.4, 0.5) is 11.4 Å². The second-order valence-electron chi connectivity index (χ2n) is 7.16. The highest BCUT2D eigenvalue weighted by Crippen LogP contribution is 2.41. The summed E-state index contributed by atoms with van der Waals surface area (Å²) in [5.41, 5.74) is 1.14. The predicted octanol–water partition coefficient (Wildman–Crippen LogP) is 1.56. The van der Waals surface area contributed by atoms with Crippen LogP contribution in [-0.4, -0.2) is 28.7 Å². The monoisotopic (exact) mass is 321 g/mol. The normalized spacial score (nSPS) is 30.3. The van der Waals surface area contributed by atoms with Gasteiger partial charge in [-0.05, 0) is 19.8 Å². The Kier molecular flexibility index (Phi) is 3.71. The number of anilines is 1. The van der Waals surface area contributed by atoms with E-state index in [1.165, 1.54) is 0 Å².